The monoisotopic (exact) mass is 270 g/mol. The summed E-state index contributed by atoms with van der Waals surface area (Å²) in [6.45, 7) is 1.50. The molecule has 1 aliphatic heterocycles. The summed E-state index contributed by atoms with van der Waals surface area (Å²) in [6, 6.07) is 7.44. The van der Waals surface area contributed by atoms with E-state index in [9.17, 15) is 5.11 Å². The predicted molar refractivity (Wildman–Crippen MR) is 74.5 cm³/mol. The molecule has 1 aromatic carbocycles. The molecular weight excluding hydrogens is 256 g/mol. The number of anilines is 1. The van der Waals surface area contributed by atoms with Crippen molar-refractivity contribution in [1.82, 2.24) is 4.90 Å². The number of piperidine rings is 1. The minimum Gasteiger partial charge on any atom is -0.391 e. The fourth-order valence-electron chi connectivity index (χ4n) is 1.91. The summed E-state index contributed by atoms with van der Waals surface area (Å²) in [6.07, 6.45) is 1.55. The first-order valence-corrected chi connectivity index (χ1v) is 6.43. The van der Waals surface area contributed by atoms with E-state index in [1.807, 2.05) is 29.2 Å². The Balaban J connectivity index is 1.96. The number of rotatable bonds is 1. The molecule has 1 aliphatic rings. The number of hydrogen-bond acceptors (Lipinski definition) is 2. The summed E-state index contributed by atoms with van der Waals surface area (Å²) in [5.41, 5.74) is 0.877. The van der Waals surface area contributed by atoms with Gasteiger partial charge in [0.25, 0.3) is 0 Å². The fraction of sp³-hybridized carbons (Fsp3) is 0.417. The summed E-state index contributed by atoms with van der Waals surface area (Å²) < 4.78 is 0. The van der Waals surface area contributed by atoms with Gasteiger partial charge in [-0.25, -0.2) is 0 Å². The summed E-state index contributed by atoms with van der Waals surface area (Å²) >= 11 is 11.2. The predicted octanol–water partition coefficient (Wildman–Crippen LogP) is 2.49. The van der Waals surface area contributed by atoms with Gasteiger partial charge in [0.05, 0.1) is 6.10 Å². The maximum atomic E-state index is 9.59. The molecule has 0 bridgehead atoms. The largest absolute Gasteiger partial charge is 0.391 e. The molecule has 0 aliphatic carbocycles. The van der Waals surface area contributed by atoms with Crippen LogP contribution >= 0.6 is 23.8 Å². The first kappa shape index (κ1) is 12.6. The standard InChI is InChI=1S/C12H15ClN2OS/c13-9-3-1-4-10(7-9)14-12(17)15-6-2-5-11(16)8-15/h1,3-4,7,11,16H,2,5-6,8H2,(H,14,17). The van der Waals surface area contributed by atoms with Crippen molar-refractivity contribution < 1.29 is 5.11 Å². The lowest BCUT2D eigenvalue weighted by molar-refractivity contribution is 0.104. The number of hydrogen-bond donors (Lipinski definition) is 2. The molecule has 0 amide bonds. The molecule has 1 fully saturated rings. The van der Waals surface area contributed by atoms with E-state index in [1.54, 1.807) is 0 Å². The minimum atomic E-state index is -0.275. The van der Waals surface area contributed by atoms with Crippen molar-refractivity contribution in [3.05, 3.63) is 29.3 Å². The normalized spacial score (nSPS) is 20.1. The fourth-order valence-corrected chi connectivity index (χ4v) is 2.38. The van der Waals surface area contributed by atoms with Gasteiger partial charge in [-0.1, -0.05) is 17.7 Å². The molecule has 1 aromatic rings. The van der Waals surface area contributed by atoms with Crippen LogP contribution in [0.15, 0.2) is 24.3 Å². The molecule has 0 saturated carbocycles. The molecule has 0 radical (unpaired) electrons. The number of nitrogens with one attached hydrogen (secondary N) is 1. The van der Waals surface area contributed by atoms with E-state index in [0.717, 1.165) is 25.1 Å². The van der Waals surface area contributed by atoms with Gasteiger partial charge in [-0.15, -0.1) is 0 Å². The molecule has 1 saturated heterocycles. The molecule has 1 atom stereocenters. The maximum absolute atomic E-state index is 9.59. The van der Waals surface area contributed by atoms with Crippen LogP contribution in [0.3, 0.4) is 0 Å². The number of aliphatic hydroxyl groups excluding tert-OH is 1. The van der Waals surface area contributed by atoms with Gasteiger partial charge in [-0.2, -0.15) is 0 Å². The van der Waals surface area contributed by atoms with Crippen molar-refractivity contribution in [2.75, 3.05) is 18.4 Å². The summed E-state index contributed by atoms with van der Waals surface area (Å²) in [5, 5.41) is 14.0. The van der Waals surface area contributed by atoms with Gasteiger partial charge < -0.3 is 15.3 Å². The summed E-state index contributed by atoms with van der Waals surface area (Å²) in [7, 11) is 0. The highest BCUT2D eigenvalue weighted by Crippen LogP contribution is 2.17. The zero-order chi connectivity index (χ0) is 12.3. The van der Waals surface area contributed by atoms with Crippen LogP contribution in [-0.2, 0) is 0 Å². The SMILES string of the molecule is OC1CCCN(C(=S)Nc2cccc(Cl)c2)C1. The number of β-amino-alcohol motifs (C(OH)–C–C–N with tert-alkyl or cyclic N) is 1. The van der Waals surface area contributed by atoms with Crippen LogP contribution in [-0.4, -0.2) is 34.3 Å². The second-order valence-corrected chi connectivity index (χ2v) is 5.01. The number of nitrogens with zero attached hydrogens (tertiary/aromatic N) is 1. The Hall–Kier alpha value is -0.840. The number of likely N-dealkylation sites (tertiary alicyclic amines) is 1. The third-order valence-electron chi connectivity index (χ3n) is 2.76. The van der Waals surface area contributed by atoms with Gasteiger partial charge in [-0.3, -0.25) is 0 Å². The number of halogens is 1. The Bertz CT molecular complexity index is 413. The molecule has 0 aromatic heterocycles. The topological polar surface area (TPSA) is 35.5 Å². The average Bonchev–Trinajstić information content (AvgIpc) is 2.29. The molecule has 2 N–H and O–H groups in total. The van der Waals surface area contributed by atoms with Crippen LogP contribution in [0, 0.1) is 0 Å². The van der Waals surface area contributed by atoms with E-state index in [-0.39, 0.29) is 6.10 Å². The second-order valence-electron chi connectivity index (χ2n) is 4.18. The highest BCUT2D eigenvalue weighted by atomic mass is 35.5. The summed E-state index contributed by atoms with van der Waals surface area (Å²) in [4.78, 5) is 1.99. The quantitative estimate of drug-likeness (QED) is 0.769. The van der Waals surface area contributed by atoms with Crippen molar-refractivity contribution in [2.45, 2.75) is 18.9 Å². The van der Waals surface area contributed by atoms with Gasteiger partial charge >= 0.3 is 0 Å². The summed E-state index contributed by atoms with van der Waals surface area (Å²) in [5.74, 6) is 0. The van der Waals surface area contributed by atoms with E-state index in [0.29, 0.717) is 16.7 Å². The van der Waals surface area contributed by atoms with Gasteiger partial charge in [0.1, 0.15) is 0 Å². The van der Waals surface area contributed by atoms with Crippen molar-refractivity contribution in [3.8, 4) is 0 Å². The maximum Gasteiger partial charge on any atom is 0.173 e. The van der Waals surface area contributed by atoms with E-state index < -0.39 is 0 Å². The number of benzene rings is 1. The highest BCUT2D eigenvalue weighted by molar-refractivity contribution is 7.80. The van der Waals surface area contributed by atoms with Gasteiger partial charge in [0.2, 0.25) is 0 Å². The van der Waals surface area contributed by atoms with Crippen molar-refractivity contribution in [1.29, 1.82) is 0 Å². The third-order valence-corrected chi connectivity index (χ3v) is 3.35. The molecule has 5 heteroatoms. The van der Waals surface area contributed by atoms with E-state index in [2.05, 4.69) is 5.32 Å². The zero-order valence-electron chi connectivity index (χ0n) is 9.40. The molecule has 17 heavy (non-hydrogen) atoms. The van der Waals surface area contributed by atoms with Crippen LogP contribution in [0.25, 0.3) is 0 Å². The first-order valence-electron chi connectivity index (χ1n) is 5.65. The minimum absolute atomic E-state index is 0.275. The Labute approximate surface area is 111 Å². The molecule has 2 rings (SSSR count). The highest BCUT2D eigenvalue weighted by Gasteiger charge is 2.19. The van der Waals surface area contributed by atoms with Gasteiger partial charge in [-0.05, 0) is 43.3 Å². The van der Waals surface area contributed by atoms with Gasteiger partial charge in [0.15, 0.2) is 5.11 Å². The van der Waals surface area contributed by atoms with Crippen LogP contribution in [0.5, 0.6) is 0 Å². The van der Waals surface area contributed by atoms with Crippen molar-refractivity contribution >= 4 is 34.6 Å². The van der Waals surface area contributed by atoms with Crippen molar-refractivity contribution in [2.24, 2.45) is 0 Å². The van der Waals surface area contributed by atoms with E-state index in [4.69, 9.17) is 23.8 Å². The number of thiocarbonyl (C=S) groups is 1. The second kappa shape index (κ2) is 5.67. The number of aliphatic hydroxyl groups is 1. The first-order chi connectivity index (χ1) is 8.15. The smallest absolute Gasteiger partial charge is 0.173 e. The third kappa shape index (κ3) is 3.56. The van der Waals surface area contributed by atoms with Crippen molar-refractivity contribution in [3.63, 3.8) is 0 Å². The lowest BCUT2D eigenvalue weighted by atomic mass is 10.1. The Morgan fingerprint density at radius 2 is 2.35 bits per heavy atom. The molecule has 92 valence electrons. The molecule has 1 unspecified atom stereocenters. The van der Waals surface area contributed by atoms with E-state index >= 15 is 0 Å². The van der Waals surface area contributed by atoms with Crippen LogP contribution < -0.4 is 5.32 Å². The molecule has 3 nitrogen and oxygen atoms in total. The average molecular weight is 271 g/mol. The van der Waals surface area contributed by atoms with Gasteiger partial charge in [0, 0.05) is 23.8 Å². The molecular formula is C12H15ClN2OS. The lowest BCUT2D eigenvalue weighted by Crippen LogP contribution is -2.44. The zero-order valence-corrected chi connectivity index (χ0v) is 11.0. The van der Waals surface area contributed by atoms with Crippen LogP contribution in [0.2, 0.25) is 5.02 Å². The Kier molecular flexibility index (Phi) is 4.20. The van der Waals surface area contributed by atoms with E-state index in [1.165, 1.54) is 0 Å². The van der Waals surface area contributed by atoms with Crippen LogP contribution in [0.1, 0.15) is 12.8 Å². The molecule has 0 spiro atoms. The Morgan fingerprint density at radius 3 is 3.06 bits per heavy atom. The lowest BCUT2D eigenvalue weighted by Gasteiger charge is -2.32. The van der Waals surface area contributed by atoms with Crippen LogP contribution in [0.4, 0.5) is 5.69 Å². The molecule has 1 heterocycles. The Morgan fingerprint density at radius 1 is 1.53 bits per heavy atom.